The summed E-state index contributed by atoms with van der Waals surface area (Å²) in [6.07, 6.45) is -3.98. The minimum atomic E-state index is -4.74. The summed E-state index contributed by atoms with van der Waals surface area (Å²) in [5.74, 6) is -1.14. The number of hydrogen-bond donors (Lipinski definition) is 0. The minimum Gasteiger partial charge on any atom is -0.461 e. The number of aromatic nitrogens is 3. The molecule has 0 fully saturated rings. The smallest absolute Gasteiger partial charge is 0.435 e. The molecule has 0 aliphatic rings. The predicted octanol–water partition coefficient (Wildman–Crippen LogP) is 1.90. The van der Waals surface area contributed by atoms with E-state index in [4.69, 9.17) is 4.74 Å². The van der Waals surface area contributed by atoms with Gasteiger partial charge in [0.2, 0.25) is 5.69 Å². The Morgan fingerprint density at radius 2 is 2.00 bits per heavy atom. The molecule has 0 bridgehead atoms. The van der Waals surface area contributed by atoms with Gasteiger partial charge in [0.15, 0.2) is 5.69 Å². The molecule has 0 spiro atoms. The summed E-state index contributed by atoms with van der Waals surface area (Å²) in [4.78, 5) is 11.4. The summed E-state index contributed by atoms with van der Waals surface area (Å²) in [6, 6.07) is 0. The number of halogens is 3. The third kappa shape index (κ3) is 4.19. The molecule has 0 saturated heterocycles. The normalized spacial score (nSPS) is 11.7. The Kier molecular flexibility index (Phi) is 5.93. The highest BCUT2D eigenvalue weighted by molar-refractivity contribution is 5.88. The number of nitrogens with zero attached hydrogens (tertiary/aromatic N) is 3. The van der Waals surface area contributed by atoms with Crippen LogP contribution in [0.1, 0.15) is 36.5 Å². The van der Waals surface area contributed by atoms with Gasteiger partial charge in [-0.1, -0.05) is 12.1 Å². The van der Waals surface area contributed by atoms with Crippen LogP contribution in [-0.4, -0.2) is 40.8 Å². The number of carbonyl (C=O) groups is 1. The van der Waals surface area contributed by atoms with E-state index in [1.54, 1.807) is 0 Å². The topological polar surface area (TPSA) is 66.2 Å². The third-order valence-electron chi connectivity index (χ3n) is 2.27. The molecule has 0 amide bonds. The molecule has 0 atom stereocenters. The molecule has 0 aliphatic carbocycles. The van der Waals surface area contributed by atoms with E-state index >= 15 is 0 Å². The van der Waals surface area contributed by atoms with Crippen LogP contribution in [0, 0.1) is 0 Å². The SMILES string of the molecule is CCCOCCn1nnc(C(=O)OCC)c1C(F)(F)F. The lowest BCUT2D eigenvalue weighted by Crippen LogP contribution is -2.21. The van der Waals surface area contributed by atoms with E-state index in [1.807, 2.05) is 6.92 Å². The lowest BCUT2D eigenvalue weighted by molar-refractivity contribution is -0.145. The van der Waals surface area contributed by atoms with E-state index < -0.39 is 23.5 Å². The predicted molar refractivity (Wildman–Crippen MR) is 62.1 cm³/mol. The highest BCUT2D eigenvalue weighted by Gasteiger charge is 2.41. The lowest BCUT2D eigenvalue weighted by atomic mass is 10.3. The van der Waals surface area contributed by atoms with Crippen LogP contribution in [-0.2, 0) is 22.2 Å². The summed E-state index contributed by atoms with van der Waals surface area (Å²) in [7, 11) is 0. The summed E-state index contributed by atoms with van der Waals surface area (Å²) in [5, 5.41) is 6.61. The second-order valence-electron chi connectivity index (χ2n) is 3.84. The molecule has 114 valence electrons. The maximum Gasteiger partial charge on any atom is 0.435 e. The van der Waals surface area contributed by atoms with Crippen molar-refractivity contribution in [3.63, 3.8) is 0 Å². The zero-order valence-electron chi connectivity index (χ0n) is 11.2. The van der Waals surface area contributed by atoms with Crippen LogP contribution in [0.4, 0.5) is 13.2 Å². The first-order valence-electron chi connectivity index (χ1n) is 6.17. The molecule has 6 nitrogen and oxygen atoms in total. The molecular formula is C11H16F3N3O3. The Morgan fingerprint density at radius 3 is 2.55 bits per heavy atom. The number of carbonyl (C=O) groups excluding carboxylic acids is 1. The van der Waals surface area contributed by atoms with Crippen LogP contribution in [0.15, 0.2) is 0 Å². The average Bonchev–Trinajstić information content (AvgIpc) is 2.79. The van der Waals surface area contributed by atoms with Gasteiger partial charge in [-0.25, -0.2) is 9.48 Å². The molecule has 1 aromatic rings. The van der Waals surface area contributed by atoms with Crippen LogP contribution in [0.5, 0.6) is 0 Å². The Hall–Kier alpha value is -1.64. The molecule has 1 aromatic heterocycles. The Labute approximate surface area is 113 Å². The van der Waals surface area contributed by atoms with Gasteiger partial charge in [-0.05, 0) is 13.3 Å². The maximum absolute atomic E-state index is 13.0. The fourth-order valence-electron chi connectivity index (χ4n) is 1.48. The highest BCUT2D eigenvalue weighted by atomic mass is 19.4. The highest BCUT2D eigenvalue weighted by Crippen LogP contribution is 2.31. The summed E-state index contributed by atoms with van der Waals surface area (Å²) in [5.41, 5.74) is -2.04. The van der Waals surface area contributed by atoms with Crippen molar-refractivity contribution in [1.29, 1.82) is 0 Å². The molecule has 1 heterocycles. The zero-order valence-corrected chi connectivity index (χ0v) is 11.2. The van der Waals surface area contributed by atoms with Crippen LogP contribution < -0.4 is 0 Å². The minimum absolute atomic E-state index is 0.0391. The first-order chi connectivity index (χ1) is 9.41. The fourth-order valence-corrected chi connectivity index (χ4v) is 1.48. The van der Waals surface area contributed by atoms with Crippen molar-refractivity contribution in [3.8, 4) is 0 Å². The summed E-state index contributed by atoms with van der Waals surface area (Å²) >= 11 is 0. The van der Waals surface area contributed by atoms with Gasteiger partial charge in [0.05, 0.1) is 19.8 Å². The molecule has 0 aliphatic heterocycles. The zero-order chi connectivity index (χ0) is 15.2. The van der Waals surface area contributed by atoms with Crippen LogP contribution >= 0.6 is 0 Å². The van der Waals surface area contributed by atoms with Crippen molar-refractivity contribution in [3.05, 3.63) is 11.4 Å². The standard InChI is InChI=1S/C11H16F3N3O3/c1-3-6-19-7-5-17-9(11(12,13)14)8(15-16-17)10(18)20-4-2/h3-7H2,1-2H3. The van der Waals surface area contributed by atoms with E-state index in [1.165, 1.54) is 6.92 Å². The van der Waals surface area contributed by atoms with Gasteiger partial charge in [-0.2, -0.15) is 13.2 Å². The van der Waals surface area contributed by atoms with Crippen molar-refractivity contribution >= 4 is 5.97 Å². The molecule has 20 heavy (non-hydrogen) atoms. The quantitative estimate of drug-likeness (QED) is 0.568. The summed E-state index contributed by atoms with van der Waals surface area (Å²) < 4.78 is 49.2. The van der Waals surface area contributed by atoms with E-state index in [0.717, 1.165) is 6.42 Å². The van der Waals surface area contributed by atoms with Crippen molar-refractivity contribution in [2.75, 3.05) is 19.8 Å². The molecule has 0 saturated carbocycles. The number of rotatable bonds is 7. The van der Waals surface area contributed by atoms with Gasteiger partial charge in [-0.15, -0.1) is 5.10 Å². The van der Waals surface area contributed by atoms with Gasteiger partial charge in [-0.3, -0.25) is 0 Å². The van der Waals surface area contributed by atoms with Gasteiger partial charge in [0.1, 0.15) is 0 Å². The first kappa shape index (κ1) is 16.4. The molecule has 0 unspecified atom stereocenters. The third-order valence-corrected chi connectivity index (χ3v) is 2.27. The van der Waals surface area contributed by atoms with Gasteiger partial charge in [0.25, 0.3) is 0 Å². The Balaban J connectivity index is 2.92. The van der Waals surface area contributed by atoms with E-state index in [0.29, 0.717) is 11.3 Å². The van der Waals surface area contributed by atoms with Crippen molar-refractivity contribution < 1.29 is 27.4 Å². The van der Waals surface area contributed by atoms with E-state index in [9.17, 15) is 18.0 Å². The average molecular weight is 295 g/mol. The van der Waals surface area contributed by atoms with Crippen LogP contribution in [0.2, 0.25) is 0 Å². The number of hydrogen-bond acceptors (Lipinski definition) is 5. The molecule has 1 rings (SSSR count). The monoisotopic (exact) mass is 295 g/mol. The maximum atomic E-state index is 13.0. The first-order valence-corrected chi connectivity index (χ1v) is 6.17. The largest absolute Gasteiger partial charge is 0.461 e. The Bertz CT molecular complexity index is 446. The second-order valence-corrected chi connectivity index (χ2v) is 3.84. The molecule has 0 radical (unpaired) electrons. The fraction of sp³-hybridized carbons (Fsp3) is 0.727. The van der Waals surface area contributed by atoms with E-state index in [-0.39, 0.29) is 19.8 Å². The number of esters is 1. The van der Waals surface area contributed by atoms with Gasteiger partial charge in [0, 0.05) is 6.61 Å². The summed E-state index contributed by atoms with van der Waals surface area (Å²) in [6.45, 7) is 3.71. The molecule has 0 N–H and O–H groups in total. The van der Waals surface area contributed by atoms with Crippen LogP contribution in [0.3, 0.4) is 0 Å². The van der Waals surface area contributed by atoms with E-state index in [2.05, 4.69) is 15.0 Å². The number of ether oxygens (including phenoxy) is 2. The van der Waals surface area contributed by atoms with Gasteiger partial charge < -0.3 is 9.47 Å². The number of alkyl halides is 3. The molecular weight excluding hydrogens is 279 g/mol. The van der Waals surface area contributed by atoms with Crippen LogP contribution in [0.25, 0.3) is 0 Å². The molecule has 9 heteroatoms. The van der Waals surface area contributed by atoms with Crippen molar-refractivity contribution in [2.45, 2.75) is 33.0 Å². The van der Waals surface area contributed by atoms with Crippen molar-refractivity contribution in [2.24, 2.45) is 0 Å². The van der Waals surface area contributed by atoms with Gasteiger partial charge >= 0.3 is 12.1 Å². The second kappa shape index (κ2) is 7.22. The lowest BCUT2D eigenvalue weighted by Gasteiger charge is -2.10. The molecule has 0 aromatic carbocycles. The Morgan fingerprint density at radius 1 is 1.30 bits per heavy atom. The van der Waals surface area contributed by atoms with Crippen molar-refractivity contribution in [1.82, 2.24) is 15.0 Å².